The van der Waals surface area contributed by atoms with Gasteiger partial charge >= 0.3 is 0 Å². The highest BCUT2D eigenvalue weighted by Crippen LogP contribution is 2.22. The minimum absolute atomic E-state index is 0.216. The van der Waals surface area contributed by atoms with Gasteiger partial charge in [0.05, 0.1) is 12.0 Å². The molecule has 2 fully saturated rings. The average molecular weight is 212 g/mol. The Hall–Kier alpha value is -0.610. The summed E-state index contributed by atoms with van der Waals surface area (Å²) in [6.07, 6.45) is 1.67. The first-order chi connectivity index (χ1) is 7.18. The van der Waals surface area contributed by atoms with E-state index in [1.807, 2.05) is 11.8 Å². The van der Waals surface area contributed by atoms with Crippen LogP contribution >= 0.6 is 0 Å². The predicted molar refractivity (Wildman–Crippen MR) is 57.3 cm³/mol. The van der Waals surface area contributed by atoms with Crippen molar-refractivity contribution in [2.75, 3.05) is 26.2 Å². The Balaban J connectivity index is 1.79. The van der Waals surface area contributed by atoms with Crippen molar-refractivity contribution in [3.63, 3.8) is 0 Å². The number of carbonyl (C=O) groups is 1. The topological polar surface area (TPSA) is 52.6 Å². The molecule has 1 amide bonds. The van der Waals surface area contributed by atoms with Gasteiger partial charge in [-0.05, 0) is 25.7 Å². The molecule has 86 valence electrons. The summed E-state index contributed by atoms with van der Waals surface area (Å²) in [6.45, 7) is 5.18. The van der Waals surface area contributed by atoms with Crippen LogP contribution in [0.2, 0.25) is 0 Å². The lowest BCUT2D eigenvalue weighted by molar-refractivity contribution is -0.139. The molecule has 4 heteroatoms. The lowest BCUT2D eigenvalue weighted by Gasteiger charge is -2.37. The van der Waals surface area contributed by atoms with E-state index in [9.17, 15) is 9.90 Å². The fraction of sp³-hybridized carbons (Fsp3) is 0.909. The summed E-state index contributed by atoms with van der Waals surface area (Å²) in [5.74, 6) is 0.902. The smallest absolute Gasteiger partial charge is 0.228 e. The maximum atomic E-state index is 11.9. The van der Waals surface area contributed by atoms with E-state index in [-0.39, 0.29) is 12.0 Å². The van der Waals surface area contributed by atoms with Crippen molar-refractivity contribution in [3.8, 4) is 0 Å². The van der Waals surface area contributed by atoms with E-state index < -0.39 is 0 Å². The zero-order valence-corrected chi connectivity index (χ0v) is 9.28. The van der Waals surface area contributed by atoms with Crippen molar-refractivity contribution in [1.29, 1.82) is 0 Å². The second-order valence-corrected chi connectivity index (χ2v) is 4.76. The molecule has 0 aromatic carbocycles. The third-order valence-corrected chi connectivity index (χ3v) is 3.66. The number of amides is 1. The highest BCUT2D eigenvalue weighted by Gasteiger charge is 2.32. The summed E-state index contributed by atoms with van der Waals surface area (Å²) in [4.78, 5) is 13.8. The molecule has 0 radical (unpaired) electrons. The fourth-order valence-electron chi connectivity index (χ4n) is 2.32. The van der Waals surface area contributed by atoms with Gasteiger partial charge < -0.3 is 15.3 Å². The Morgan fingerprint density at radius 2 is 2.00 bits per heavy atom. The predicted octanol–water partition coefficient (Wildman–Crippen LogP) is -0.175. The molecule has 2 rings (SSSR count). The van der Waals surface area contributed by atoms with E-state index in [1.165, 1.54) is 0 Å². The first-order valence-electron chi connectivity index (χ1n) is 5.86. The standard InChI is InChI=1S/C11H20N2O2/c1-8(14)9-2-4-13(5-3-9)11(15)10-6-12-7-10/h8-10,12,14H,2-7H2,1H3. The van der Waals surface area contributed by atoms with Crippen molar-refractivity contribution in [2.24, 2.45) is 11.8 Å². The van der Waals surface area contributed by atoms with Crippen molar-refractivity contribution in [1.82, 2.24) is 10.2 Å². The van der Waals surface area contributed by atoms with Crippen LogP contribution in [0.5, 0.6) is 0 Å². The minimum Gasteiger partial charge on any atom is -0.393 e. The Kier molecular flexibility index (Phi) is 3.26. The molecule has 2 aliphatic rings. The molecule has 0 aliphatic carbocycles. The van der Waals surface area contributed by atoms with Crippen molar-refractivity contribution >= 4 is 5.91 Å². The van der Waals surface area contributed by atoms with Crippen molar-refractivity contribution in [2.45, 2.75) is 25.9 Å². The van der Waals surface area contributed by atoms with Crippen LogP contribution in [-0.4, -0.2) is 48.2 Å². The van der Waals surface area contributed by atoms with Crippen LogP contribution in [0, 0.1) is 11.8 Å². The summed E-state index contributed by atoms with van der Waals surface area (Å²) in [7, 11) is 0. The molecule has 15 heavy (non-hydrogen) atoms. The number of aliphatic hydroxyl groups is 1. The van der Waals surface area contributed by atoms with E-state index in [0.717, 1.165) is 39.0 Å². The van der Waals surface area contributed by atoms with Gasteiger partial charge in [-0.3, -0.25) is 4.79 Å². The third kappa shape index (κ3) is 2.32. The van der Waals surface area contributed by atoms with Crippen LogP contribution in [0.4, 0.5) is 0 Å². The molecule has 1 atom stereocenters. The van der Waals surface area contributed by atoms with E-state index in [2.05, 4.69) is 5.32 Å². The van der Waals surface area contributed by atoms with Crippen LogP contribution in [0.3, 0.4) is 0 Å². The van der Waals surface area contributed by atoms with Crippen LogP contribution < -0.4 is 5.32 Å². The van der Waals surface area contributed by atoms with Crippen LogP contribution in [0.1, 0.15) is 19.8 Å². The molecule has 2 N–H and O–H groups in total. The highest BCUT2D eigenvalue weighted by molar-refractivity contribution is 5.80. The lowest BCUT2D eigenvalue weighted by Crippen LogP contribution is -2.53. The van der Waals surface area contributed by atoms with Gasteiger partial charge in [0.25, 0.3) is 0 Å². The van der Waals surface area contributed by atoms with Gasteiger partial charge in [0.1, 0.15) is 0 Å². The number of rotatable bonds is 2. The highest BCUT2D eigenvalue weighted by atomic mass is 16.3. The molecule has 0 spiro atoms. The quantitative estimate of drug-likeness (QED) is 0.668. The maximum absolute atomic E-state index is 11.9. The monoisotopic (exact) mass is 212 g/mol. The fourth-order valence-corrected chi connectivity index (χ4v) is 2.32. The Morgan fingerprint density at radius 1 is 1.40 bits per heavy atom. The Morgan fingerprint density at radius 3 is 2.40 bits per heavy atom. The van der Waals surface area contributed by atoms with E-state index >= 15 is 0 Å². The number of hydrogen-bond acceptors (Lipinski definition) is 3. The molecule has 2 heterocycles. The maximum Gasteiger partial charge on any atom is 0.228 e. The zero-order chi connectivity index (χ0) is 10.8. The van der Waals surface area contributed by atoms with Crippen molar-refractivity contribution in [3.05, 3.63) is 0 Å². The van der Waals surface area contributed by atoms with Crippen LogP contribution in [0.25, 0.3) is 0 Å². The Bertz CT molecular complexity index is 231. The first-order valence-corrected chi connectivity index (χ1v) is 5.86. The molecular formula is C11H20N2O2. The number of nitrogens with zero attached hydrogens (tertiary/aromatic N) is 1. The number of aliphatic hydroxyl groups excluding tert-OH is 1. The molecule has 0 aromatic rings. The summed E-state index contributed by atoms with van der Waals surface area (Å²) in [5.41, 5.74) is 0. The summed E-state index contributed by atoms with van der Waals surface area (Å²) in [5, 5.41) is 12.6. The molecule has 0 bridgehead atoms. The average Bonchev–Trinajstić information content (AvgIpc) is 2.15. The van der Waals surface area contributed by atoms with Gasteiger partial charge in [-0.25, -0.2) is 0 Å². The molecule has 2 saturated heterocycles. The summed E-state index contributed by atoms with van der Waals surface area (Å²) in [6, 6.07) is 0. The van der Waals surface area contributed by atoms with Gasteiger partial charge in [0.2, 0.25) is 5.91 Å². The van der Waals surface area contributed by atoms with Gasteiger partial charge in [0, 0.05) is 26.2 Å². The molecule has 1 unspecified atom stereocenters. The number of carbonyl (C=O) groups excluding carboxylic acids is 1. The molecular weight excluding hydrogens is 192 g/mol. The van der Waals surface area contributed by atoms with Crippen molar-refractivity contribution < 1.29 is 9.90 Å². The molecule has 0 saturated carbocycles. The molecule has 4 nitrogen and oxygen atoms in total. The second kappa shape index (κ2) is 4.49. The number of hydrogen-bond donors (Lipinski definition) is 2. The van der Waals surface area contributed by atoms with Gasteiger partial charge in [-0.1, -0.05) is 0 Å². The second-order valence-electron chi connectivity index (χ2n) is 4.76. The molecule has 2 aliphatic heterocycles. The SMILES string of the molecule is CC(O)C1CCN(C(=O)C2CNC2)CC1. The zero-order valence-electron chi connectivity index (χ0n) is 9.28. The lowest BCUT2D eigenvalue weighted by atomic mass is 9.91. The minimum atomic E-state index is -0.229. The number of likely N-dealkylation sites (tertiary alicyclic amines) is 1. The Labute approximate surface area is 90.6 Å². The van der Waals surface area contributed by atoms with Gasteiger partial charge in [-0.15, -0.1) is 0 Å². The molecule has 0 aromatic heterocycles. The first kappa shape index (κ1) is 10.9. The van der Waals surface area contributed by atoms with Crippen LogP contribution in [-0.2, 0) is 4.79 Å². The normalized spacial score (nSPS) is 26.1. The summed E-state index contributed by atoms with van der Waals surface area (Å²) < 4.78 is 0. The number of piperidine rings is 1. The van der Waals surface area contributed by atoms with Gasteiger partial charge in [0.15, 0.2) is 0 Å². The van der Waals surface area contributed by atoms with E-state index in [0.29, 0.717) is 11.8 Å². The van der Waals surface area contributed by atoms with Gasteiger partial charge in [-0.2, -0.15) is 0 Å². The number of nitrogens with one attached hydrogen (secondary N) is 1. The van der Waals surface area contributed by atoms with E-state index in [4.69, 9.17) is 0 Å². The largest absolute Gasteiger partial charge is 0.393 e. The van der Waals surface area contributed by atoms with E-state index in [1.54, 1.807) is 0 Å². The summed E-state index contributed by atoms with van der Waals surface area (Å²) >= 11 is 0. The third-order valence-electron chi connectivity index (χ3n) is 3.66. The van der Waals surface area contributed by atoms with Crippen LogP contribution in [0.15, 0.2) is 0 Å².